The number of nitrogens with one attached hydrogen (secondary N) is 1. The molecular weight excluding hydrogens is 282 g/mol. The average molecular weight is 305 g/mol. The lowest BCUT2D eigenvalue weighted by Crippen LogP contribution is -2.29. The number of hydrogen-bond donors (Lipinski definition) is 1. The van der Waals surface area contributed by atoms with E-state index in [-0.39, 0.29) is 6.04 Å². The number of rotatable bonds is 7. The van der Waals surface area contributed by atoms with Gasteiger partial charge in [0.05, 0.1) is 0 Å². The molecule has 0 aliphatic heterocycles. The second kappa shape index (κ2) is 7.56. The molecule has 0 fully saturated rings. The Morgan fingerprint density at radius 1 is 1.29 bits per heavy atom. The number of aryl methyl sites for hydroxylation is 2. The monoisotopic (exact) mass is 305 g/mol. The van der Waals surface area contributed by atoms with Gasteiger partial charge < -0.3 is 5.32 Å². The van der Waals surface area contributed by atoms with E-state index in [1.54, 1.807) is 16.4 Å². The summed E-state index contributed by atoms with van der Waals surface area (Å²) in [7, 11) is 1.87. The van der Waals surface area contributed by atoms with Crippen LogP contribution in [0.1, 0.15) is 37.4 Å². The third-order valence-corrected chi connectivity index (χ3v) is 4.59. The maximum absolute atomic E-state index is 4.06. The summed E-state index contributed by atoms with van der Waals surface area (Å²) in [5, 5.41) is 16.5. The predicted molar refractivity (Wildman–Crippen MR) is 86.3 cm³/mol. The molecule has 0 saturated heterocycles. The Labute approximate surface area is 130 Å². The third kappa shape index (κ3) is 4.28. The maximum Gasteiger partial charge on any atom is 0.209 e. The van der Waals surface area contributed by atoms with Gasteiger partial charge in [-0.05, 0) is 35.9 Å². The molecule has 114 valence electrons. The molecule has 6 heteroatoms. The van der Waals surface area contributed by atoms with Crippen LogP contribution in [0.5, 0.6) is 0 Å². The van der Waals surface area contributed by atoms with E-state index >= 15 is 0 Å². The summed E-state index contributed by atoms with van der Waals surface area (Å²) in [6.07, 6.45) is 1.12. The van der Waals surface area contributed by atoms with Crippen molar-refractivity contribution in [3.8, 4) is 0 Å². The molecule has 1 heterocycles. The van der Waals surface area contributed by atoms with Crippen LogP contribution < -0.4 is 5.32 Å². The van der Waals surface area contributed by atoms with Gasteiger partial charge in [-0.1, -0.05) is 55.4 Å². The van der Waals surface area contributed by atoms with Crippen LogP contribution in [0.2, 0.25) is 0 Å². The summed E-state index contributed by atoms with van der Waals surface area (Å²) in [6.45, 7) is 7.51. The molecule has 0 bridgehead atoms. The fourth-order valence-corrected chi connectivity index (χ4v) is 3.18. The molecule has 0 amide bonds. The van der Waals surface area contributed by atoms with Crippen molar-refractivity contribution in [1.82, 2.24) is 25.5 Å². The van der Waals surface area contributed by atoms with Crippen LogP contribution in [0, 0.1) is 6.92 Å². The Morgan fingerprint density at radius 3 is 2.57 bits per heavy atom. The molecule has 0 radical (unpaired) electrons. The van der Waals surface area contributed by atoms with Gasteiger partial charge in [-0.25, -0.2) is 4.68 Å². The molecule has 2 aromatic rings. The lowest BCUT2D eigenvalue weighted by molar-refractivity contribution is 0.526. The molecule has 1 aromatic heterocycles. The molecule has 0 aliphatic carbocycles. The van der Waals surface area contributed by atoms with Crippen LogP contribution in [-0.2, 0) is 7.05 Å². The van der Waals surface area contributed by atoms with E-state index in [0.29, 0.717) is 5.25 Å². The van der Waals surface area contributed by atoms with Gasteiger partial charge in [0, 0.05) is 18.3 Å². The van der Waals surface area contributed by atoms with Crippen LogP contribution in [0.15, 0.2) is 29.4 Å². The smallest absolute Gasteiger partial charge is 0.209 e. The summed E-state index contributed by atoms with van der Waals surface area (Å²) in [6, 6.07) is 9.02. The summed E-state index contributed by atoms with van der Waals surface area (Å²) in [4.78, 5) is 0. The number of nitrogens with zero attached hydrogens (tertiary/aromatic N) is 4. The highest BCUT2D eigenvalue weighted by Gasteiger charge is 2.21. The Kier molecular flexibility index (Phi) is 5.76. The molecule has 2 rings (SSSR count). The highest BCUT2D eigenvalue weighted by atomic mass is 32.2. The second-order valence-electron chi connectivity index (χ2n) is 5.25. The number of benzene rings is 1. The molecule has 0 aliphatic rings. The van der Waals surface area contributed by atoms with E-state index in [1.807, 2.05) is 7.05 Å². The number of tetrazole rings is 1. The van der Waals surface area contributed by atoms with Crippen molar-refractivity contribution in [1.29, 1.82) is 0 Å². The lowest BCUT2D eigenvalue weighted by atomic mass is 10.0. The van der Waals surface area contributed by atoms with E-state index in [9.17, 15) is 0 Å². The highest BCUT2D eigenvalue weighted by Crippen LogP contribution is 2.30. The number of hydrogen-bond acceptors (Lipinski definition) is 5. The Balaban J connectivity index is 2.14. The zero-order valence-corrected chi connectivity index (χ0v) is 13.9. The molecule has 0 spiro atoms. The van der Waals surface area contributed by atoms with Gasteiger partial charge in [0.2, 0.25) is 5.16 Å². The Hall–Kier alpha value is -1.40. The second-order valence-corrected chi connectivity index (χ2v) is 6.59. The zero-order chi connectivity index (χ0) is 15.2. The minimum atomic E-state index is 0.284. The van der Waals surface area contributed by atoms with Crippen LogP contribution in [0.3, 0.4) is 0 Å². The average Bonchev–Trinajstić information content (AvgIpc) is 2.86. The molecular formula is C15H23N5S. The maximum atomic E-state index is 4.06. The van der Waals surface area contributed by atoms with Crippen molar-refractivity contribution in [2.24, 2.45) is 7.05 Å². The van der Waals surface area contributed by atoms with Gasteiger partial charge in [-0.15, -0.1) is 5.10 Å². The Morgan fingerprint density at radius 2 is 2.00 bits per heavy atom. The van der Waals surface area contributed by atoms with Gasteiger partial charge in [0.1, 0.15) is 0 Å². The van der Waals surface area contributed by atoms with Crippen molar-refractivity contribution < 1.29 is 0 Å². The third-order valence-electron chi connectivity index (χ3n) is 3.39. The zero-order valence-electron chi connectivity index (χ0n) is 13.1. The first-order chi connectivity index (χ1) is 10.1. The fraction of sp³-hybridized carbons (Fsp3) is 0.533. The van der Waals surface area contributed by atoms with Crippen molar-refractivity contribution in [3.05, 3.63) is 35.4 Å². The van der Waals surface area contributed by atoms with Crippen molar-refractivity contribution in [2.45, 2.75) is 43.6 Å². The molecule has 5 nitrogen and oxygen atoms in total. The van der Waals surface area contributed by atoms with E-state index in [0.717, 1.165) is 18.1 Å². The summed E-state index contributed by atoms with van der Waals surface area (Å²) in [5.74, 6) is 0. The highest BCUT2D eigenvalue weighted by molar-refractivity contribution is 7.99. The minimum Gasteiger partial charge on any atom is -0.309 e. The van der Waals surface area contributed by atoms with Crippen molar-refractivity contribution in [2.75, 3.05) is 6.54 Å². The fourth-order valence-electron chi connectivity index (χ4n) is 2.18. The normalized spacial score (nSPS) is 14.1. The molecule has 21 heavy (non-hydrogen) atoms. The first kappa shape index (κ1) is 16.0. The molecule has 1 aromatic carbocycles. The summed E-state index contributed by atoms with van der Waals surface area (Å²) < 4.78 is 1.72. The van der Waals surface area contributed by atoms with Crippen LogP contribution in [0.4, 0.5) is 0 Å². The van der Waals surface area contributed by atoms with E-state index in [2.05, 4.69) is 65.9 Å². The number of thioether (sulfide) groups is 1. The van der Waals surface area contributed by atoms with E-state index in [1.165, 1.54) is 11.1 Å². The largest absolute Gasteiger partial charge is 0.309 e. The van der Waals surface area contributed by atoms with Crippen molar-refractivity contribution >= 4 is 11.8 Å². The van der Waals surface area contributed by atoms with Gasteiger partial charge in [0.15, 0.2) is 0 Å². The van der Waals surface area contributed by atoms with Gasteiger partial charge in [-0.2, -0.15) is 0 Å². The molecule has 1 N–H and O–H groups in total. The first-order valence-corrected chi connectivity index (χ1v) is 8.18. The van der Waals surface area contributed by atoms with E-state index in [4.69, 9.17) is 0 Å². The minimum absolute atomic E-state index is 0.284. The Bertz CT molecular complexity index is 551. The van der Waals surface area contributed by atoms with E-state index < -0.39 is 0 Å². The summed E-state index contributed by atoms with van der Waals surface area (Å²) >= 11 is 1.70. The lowest BCUT2D eigenvalue weighted by Gasteiger charge is -2.25. The van der Waals surface area contributed by atoms with Crippen molar-refractivity contribution in [3.63, 3.8) is 0 Å². The standard InChI is InChI=1S/C15H23N5S/c1-5-10-16-14(13-8-6-11(2)7-9-13)12(3)21-15-17-18-19-20(15)4/h6-9,12,14,16H,5,10H2,1-4H3. The van der Waals surface area contributed by atoms with Crippen LogP contribution in [0.25, 0.3) is 0 Å². The predicted octanol–water partition coefficient (Wildman–Crippen LogP) is 2.74. The van der Waals surface area contributed by atoms with Crippen LogP contribution >= 0.6 is 11.8 Å². The summed E-state index contributed by atoms with van der Waals surface area (Å²) in [5.41, 5.74) is 2.59. The number of aromatic nitrogens is 4. The quantitative estimate of drug-likeness (QED) is 0.797. The first-order valence-electron chi connectivity index (χ1n) is 7.30. The molecule has 2 atom stereocenters. The van der Waals surface area contributed by atoms with Gasteiger partial charge >= 0.3 is 0 Å². The SMILES string of the molecule is CCCNC(c1ccc(C)cc1)C(C)Sc1nnnn1C. The van der Waals surface area contributed by atoms with Crippen LogP contribution in [-0.4, -0.2) is 32.0 Å². The molecule has 2 unspecified atom stereocenters. The van der Waals surface area contributed by atoms with Gasteiger partial charge in [0.25, 0.3) is 0 Å². The topological polar surface area (TPSA) is 55.6 Å². The van der Waals surface area contributed by atoms with Gasteiger partial charge in [-0.3, -0.25) is 0 Å². The molecule has 0 saturated carbocycles.